The highest BCUT2D eigenvalue weighted by Crippen LogP contribution is 2.21. The summed E-state index contributed by atoms with van der Waals surface area (Å²) in [4.78, 5) is 6.72. The summed E-state index contributed by atoms with van der Waals surface area (Å²) in [6, 6.07) is 4.14. The zero-order chi connectivity index (χ0) is 13.7. The minimum Gasteiger partial charge on any atom is -0.392 e. The van der Waals surface area contributed by atoms with Gasteiger partial charge in [-0.1, -0.05) is 13.8 Å². The van der Waals surface area contributed by atoms with Crippen molar-refractivity contribution in [2.75, 3.05) is 25.7 Å². The van der Waals surface area contributed by atoms with Crippen molar-refractivity contribution in [2.45, 2.75) is 39.3 Å². The van der Waals surface area contributed by atoms with Gasteiger partial charge in [-0.2, -0.15) is 0 Å². The van der Waals surface area contributed by atoms with Gasteiger partial charge in [-0.3, -0.25) is 0 Å². The Balaban J connectivity index is 3.03. The first kappa shape index (κ1) is 14.9. The second kappa shape index (κ2) is 6.71. The monoisotopic (exact) mass is 252 g/mol. The smallest absolute Gasteiger partial charge is 0.129 e. The number of aliphatic hydroxyl groups is 1. The van der Waals surface area contributed by atoms with E-state index in [-0.39, 0.29) is 12.6 Å². The fourth-order valence-electron chi connectivity index (χ4n) is 1.74. The van der Waals surface area contributed by atoms with Gasteiger partial charge in [0.15, 0.2) is 0 Å². The maximum atomic E-state index is 9.32. The molecule has 1 N–H and O–H groups in total. The summed E-state index contributed by atoms with van der Waals surface area (Å²) in [6.07, 6.45) is 0. The molecule has 1 unspecified atom stereocenters. The van der Waals surface area contributed by atoms with Crippen molar-refractivity contribution >= 4 is 5.82 Å². The van der Waals surface area contributed by atoms with E-state index in [1.165, 1.54) is 0 Å². The minimum absolute atomic E-state index is 0.0434. The fourth-order valence-corrected chi connectivity index (χ4v) is 1.74. The maximum absolute atomic E-state index is 9.32. The minimum atomic E-state index is 0.0434. The molecule has 0 bridgehead atoms. The lowest BCUT2D eigenvalue weighted by Crippen LogP contribution is -2.33. The Bertz CT molecular complexity index is 380. The largest absolute Gasteiger partial charge is 0.392 e. The SMILES string of the molecule is COCC(C)N(C)c1cc(CO)cc(C(C)C)n1. The third kappa shape index (κ3) is 3.68. The van der Waals surface area contributed by atoms with Crippen LogP contribution in [-0.4, -0.2) is 36.9 Å². The number of hydrogen-bond donors (Lipinski definition) is 1. The average Bonchev–Trinajstić information content (AvgIpc) is 2.37. The molecule has 1 aromatic rings. The number of anilines is 1. The molecule has 1 atom stereocenters. The lowest BCUT2D eigenvalue weighted by atomic mass is 10.1. The summed E-state index contributed by atoms with van der Waals surface area (Å²) in [7, 11) is 3.69. The van der Waals surface area contributed by atoms with Gasteiger partial charge in [0.1, 0.15) is 5.82 Å². The van der Waals surface area contributed by atoms with Gasteiger partial charge in [-0.25, -0.2) is 4.98 Å². The van der Waals surface area contributed by atoms with Crippen LogP contribution < -0.4 is 4.90 Å². The van der Waals surface area contributed by atoms with E-state index in [1.807, 2.05) is 19.2 Å². The molecule has 1 aromatic heterocycles. The quantitative estimate of drug-likeness (QED) is 0.843. The van der Waals surface area contributed by atoms with Gasteiger partial charge in [0, 0.05) is 19.9 Å². The van der Waals surface area contributed by atoms with E-state index in [0.717, 1.165) is 17.1 Å². The molecule has 0 aliphatic rings. The van der Waals surface area contributed by atoms with Crippen molar-refractivity contribution in [1.82, 2.24) is 4.98 Å². The number of aliphatic hydroxyl groups excluding tert-OH is 1. The van der Waals surface area contributed by atoms with Gasteiger partial charge in [0.25, 0.3) is 0 Å². The molecule has 0 spiro atoms. The Morgan fingerprint density at radius 3 is 2.50 bits per heavy atom. The second-order valence-electron chi connectivity index (χ2n) is 4.99. The topological polar surface area (TPSA) is 45.6 Å². The number of ether oxygens (including phenoxy) is 1. The predicted molar refractivity (Wildman–Crippen MR) is 74.0 cm³/mol. The maximum Gasteiger partial charge on any atom is 0.129 e. The standard InChI is InChI=1S/C14H24N2O2/c1-10(2)13-6-12(8-17)7-14(15-13)16(4)11(3)9-18-5/h6-7,10-11,17H,8-9H2,1-5H3. The van der Waals surface area contributed by atoms with Gasteiger partial charge in [-0.05, 0) is 30.5 Å². The highest BCUT2D eigenvalue weighted by molar-refractivity contribution is 5.43. The Morgan fingerprint density at radius 2 is 2.00 bits per heavy atom. The molecule has 0 radical (unpaired) electrons. The summed E-state index contributed by atoms with van der Waals surface area (Å²) >= 11 is 0. The van der Waals surface area contributed by atoms with Crippen molar-refractivity contribution in [3.63, 3.8) is 0 Å². The molecule has 1 rings (SSSR count). The van der Waals surface area contributed by atoms with E-state index in [9.17, 15) is 5.11 Å². The van der Waals surface area contributed by atoms with Crippen molar-refractivity contribution in [1.29, 1.82) is 0 Å². The molecule has 18 heavy (non-hydrogen) atoms. The van der Waals surface area contributed by atoms with Gasteiger partial charge < -0.3 is 14.7 Å². The zero-order valence-corrected chi connectivity index (χ0v) is 12.0. The number of pyridine rings is 1. The molecule has 0 aliphatic heterocycles. The van der Waals surface area contributed by atoms with Crippen LogP contribution in [0.25, 0.3) is 0 Å². The Morgan fingerprint density at radius 1 is 1.33 bits per heavy atom. The third-order valence-electron chi connectivity index (χ3n) is 3.10. The molecule has 0 saturated carbocycles. The number of nitrogens with zero attached hydrogens (tertiary/aromatic N) is 2. The van der Waals surface area contributed by atoms with Crippen LogP contribution in [0, 0.1) is 0 Å². The lowest BCUT2D eigenvalue weighted by Gasteiger charge is -2.26. The Kier molecular flexibility index (Phi) is 5.56. The van der Waals surface area contributed by atoms with Crippen molar-refractivity contribution < 1.29 is 9.84 Å². The van der Waals surface area contributed by atoms with Crippen LogP contribution in [0.3, 0.4) is 0 Å². The lowest BCUT2D eigenvalue weighted by molar-refractivity contribution is 0.183. The van der Waals surface area contributed by atoms with Crippen molar-refractivity contribution in [3.05, 3.63) is 23.4 Å². The van der Waals surface area contributed by atoms with E-state index in [2.05, 4.69) is 30.7 Å². The van der Waals surface area contributed by atoms with Crippen LogP contribution in [0.5, 0.6) is 0 Å². The number of hydrogen-bond acceptors (Lipinski definition) is 4. The zero-order valence-electron chi connectivity index (χ0n) is 12.0. The highest BCUT2D eigenvalue weighted by Gasteiger charge is 2.13. The first-order valence-corrected chi connectivity index (χ1v) is 6.33. The van der Waals surface area contributed by atoms with Gasteiger partial charge >= 0.3 is 0 Å². The summed E-state index contributed by atoms with van der Waals surface area (Å²) in [5.41, 5.74) is 1.91. The molecule has 0 aromatic carbocycles. The average molecular weight is 252 g/mol. The predicted octanol–water partition coefficient (Wildman–Crippen LogP) is 2.17. The van der Waals surface area contributed by atoms with Gasteiger partial charge in [-0.15, -0.1) is 0 Å². The molecule has 1 heterocycles. The molecular weight excluding hydrogens is 228 g/mol. The van der Waals surface area contributed by atoms with E-state index in [4.69, 9.17) is 4.74 Å². The highest BCUT2D eigenvalue weighted by atomic mass is 16.5. The second-order valence-corrected chi connectivity index (χ2v) is 4.99. The summed E-state index contributed by atoms with van der Waals surface area (Å²) in [5.74, 6) is 1.23. The molecule has 0 saturated heterocycles. The van der Waals surface area contributed by atoms with Crippen LogP contribution in [0.4, 0.5) is 5.82 Å². The number of likely N-dealkylation sites (N-methyl/N-ethyl adjacent to an activating group) is 1. The summed E-state index contributed by atoms with van der Waals surface area (Å²) in [6.45, 7) is 6.99. The van der Waals surface area contributed by atoms with Crippen LogP contribution in [0.2, 0.25) is 0 Å². The molecule has 4 nitrogen and oxygen atoms in total. The number of rotatable bonds is 6. The third-order valence-corrected chi connectivity index (χ3v) is 3.10. The Hall–Kier alpha value is -1.13. The van der Waals surface area contributed by atoms with E-state index in [0.29, 0.717) is 12.5 Å². The van der Waals surface area contributed by atoms with Crippen molar-refractivity contribution in [3.8, 4) is 0 Å². The molecule has 0 fully saturated rings. The van der Waals surface area contributed by atoms with E-state index >= 15 is 0 Å². The van der Waals surface area contributed by atoms with E-state index in [1.54, 1.807) is 7.11 Å². The first-order chi connectivity index (χ1) is 8.49. The molecule has 102 valence electrons. The summed E-state index contributed by atoms with van der Waals surface area (Å²) in [5, 5.41) is 9.32. The normalized spacial score (nSPS) is 12.8. The first-order valence-electron chi connectivity index (χ1n) is 6.33. The van der Waals surface area contributed by atoms with Crippen LogP contribution >= 0.6 is 0 Å². The Labute approximate surface area is 110 Å². The number of aromatic nitrogens is 1. The fraction of sp³-hybridized carbons (Fsp3) is 0.643. The van der Waals surface area contributed by atoms with Crippen LogP contribution in [0.1, 0.15) is 37.9 Å². The molecule has 0 aliphatic carbocycles. The van der Waals surface area contributed by atoms with Gasteiger partial charge in [0.05, 0.1) is 19.3 Å². The van der Waals surface area contributed by atoms with Crippen LogP contribution in [0.15, 0.2) is 12.1 Å². The van der Waals surface area contributed by atoms with E-state index < -0.39 is 0 Å². The number of methoxy groups -OCH3 is 1. The van der Waals surface area contributed by atoms with Crippen LogP contribution in [-0.2, 0) is 11.3 Å². The summed E-state index contributed by atoms with van der Waals surface area (Å²) < 4.78 is 5.16. The van der Waals surface area contributed by atoms with Gasteiger partial charge in [0.2, 0.25) is 0 Å². The molecule has 0 amide bonds. The molecule has 4 heteroatoms. The molecular formula is C14H24N2O2. The van der Waals surface area contributed by atoms with Crippen molar-refractivity contribution in [2.24, 2.45) is 0 Å².